The van der Waals surface area contributed by atoms with Gasteiger partial charge in [-0.2, -0.15) is 0 Å². The van der Waals surface area contributed by atoms with E-state index in [2.05, 4.69) is 18.2 Å². The zero-order chi connectivity index (χ0) is 14.0. The quantitative estimate of drug-likeness (QED) is 0.919. The Kier molecular flexibility index (Phi) is 3.79. The molecule has 1 aliphatic heterocycles. The standard InChI is InChI=1S/C17H24N2O/c18-13-17(9-4-1-5-10-17)12-16(20)19-11-8-14-6-2-3-7-15(14)19/h2-3,6-7H,1,4-5,8-13,18H2. The van der Waals surface area contributed by atoms with Crippen LogP contribution < -0.4 is 10.6 Å². The van der Waals surface area contributed by atoms with Gasteiger partial charge in [0.25, 0.3) is 0 Å². The Hall–Kier alpha value is -1.35. The van der Waals surface area contributed by atoms with E-state index in [1.807, 2.05) is 11.0 Å². The Morgan fingerprint density at radius 2 is 1.95 bits per heavy atom. The third-order valence-electron chi connectivity index (χ3n) is 5.06. The summed E-state index contributed by atoms with van der Waals surface area (Å²) in [4.78, 5) is 14.7. The van der Waals surface area contributed by atoms with Crippen molar-refractivity contribution >= 4 is 11.6 Å². The molecule has 0 bridgehead atoms. The number of amides is 1. The van der Waals surface area contributed by atoms with Gasteiger partial charge in [0, 0.05) is 18.7 Å². The van der Waals surface area contributed by atoms with E-state index in [1.54, 1.807) is 0 Å². The van der Waals surface area contributed by atoms with Gasteiger partial charge in [-0.25, -0.2) is 0 Å². The van der Waals surface area contributed by atoms with E-state index in [9.17, 15) is 4.79 Å². The van der Waals surface area contributed by atoms with E-state index in [0.29, 0.717) is 13.0 Å². The first-order valence-electron chi connectivity index (χ1n) is 7.82. The Bertz CT molecular complexity index is 492. The predicted octanol–water partition coefficient (Wildman–Crippen LogP) is 2.88. The molecule has 0 unspecified atom stereocenters. The smallest absolute Gasteiger partial charge is 0.227 e. The molecule has 1 aromatic carbocycles. The highest BCUT2D eigenvalue weighted by Gasteiger charge is 2.35. The molecular weight excluding hydrogens is 248 g/mol. The topological polar surface area (TPSA) is 46.3 Å². The summed E-state index contributed by atoms with van der Waals surface area (Å²) in [5.74, 6) is 0.266. The minimum Gasteiger partial charge on any atom is -0.330 e. The van der Waals surface area contributed by atoms with Crippen LogP contribution in [0.3, 0.4) is 0 Å². The van der Waals surface area contributed by atoms with Crippen LogP contribution >= 0.6 is 0 Å². The molecule has 3 nitrogen and oxygen atoms in total. The molecule has 1 heterocycles. The van der Waals surface area contributed by atoms with E-state index < -0.39 is 0 Å². The van der Waals surface area contributed by atoms with Crippen LogP contribution in [0.2, 0.25) is 0 Å². The molecule has 1 saturated carbocycles. The summed E-state index contributed by atoms with van der Waals surface area (Å²) in [6.45, 7) is 1.48. The van der Waals surface area contributed by atoms with Crippen LogP contribution in [-0.2, 0) is 11.2 Å². The Labute approximate surface area is 121 Å². The second-order valence-corrected chi connectivity index (χ2v) is 6.37. The lowest BCUT2D eigenvalue weighted by Gasteiger charge is -2.36. The van der Waals surface area contributed by atoms with Gasteiger partial charge < -0.3 is 10.6 Å². The summed E-state index contributed by atoms with van der Waals surface area (Å²) in [5, 5.41) is 0. The Balaban J connectivity index is 1.74. The number of nitrogens with zero attached hydrogens (tertiary/aromatic N) is 1. The molecule has 1 aromatic rings. The summed E-state index contributed by atoms with van der Waals surface area (Å²) >= 11 is 0. The molecule has 0 spiro atoms. The van der Waals surface area contributed by atoms with Crippen LogP contribution in [0.15, 0.2) is 24.3 Å². The lowest BCUT2D eigenvalue weighted by molar-refractivity contribution is -0.121. The second kappa shape index (κ2) is 5.57. The fourth-order valence-corrected chi connectivity index (χ4v) is 3.77. The van der Waals surface area contributed by atoms with Crippen molar-refractivity contribution in [1.82, 2.24) is 0 Å². The first-order chi connectivity index (χ1) is 9.74. The van der Waals surface area contributed by atoms with E-state index >= 15 is 0 Å². The SMILES string of the molecule is NCC1(CC(=O)N2CCc3ccccc32)CCCCC1. The number of nitrogens with two attached hydrogens (primary N) is 1. The minimum absolute atomic E-state index is 0.0624. The average Bonchev–Trinajstić information content (AvgIpc) is 2.92. The zero-order valence-corrected chi connectivity index (χ0v) is 12.1. The summed E-state index contributed by atoms with van der Waals surface area (Å²) in [7, 11) is 0. The predicted molar refractivity (Wildman–Crippen MR) is 81.7 cm³/mol. The van der Waals surface area contributed by atoms with Crippen LogP contribution in [0.5, 0.6) is 0 Å². The highest BCUT2D eigenvalue weighted by atomic mass is 16.2. The summed E-state index contributed by atoms with van der Waals surface area (Å²) in [6, 6.07) is 8.26. The number of hydrogen-bond acceptors (Lipinski definition) is 2. The highest BCUT2D eigenvalue weighted by molar-refractivity contribution is 5.95. The van der Waals surface area contributed by atoms with Crippen LogP contribution in [0, 0.1) is 5.41 Å². The van der Waals surface area contributed by atoms with Crippen LogP contribution in [-0.4, -0.2) is 19.0 Å². The third kappa shape index (κ3) is 2.47. The van der Waals surface area contributed by atoms with E-state index in [4.69, 9.17) is 5.73 Å². The Morgan fingerprint density at radius 3 is 2.70 bits per heavy atom. The van der Waals surface area contributed by atoms with Gasteiger partial charge in [0.05, 0.1) is 0 Å². The number of anilines is 1. The van der Waals surface area contributed by atoms with Crippen molar-refractivity contribution in [1.29, 1.82) is 0 Å². The molecule has 0 saturated heterocycles. The van der Waals surface area contributed by atoms with Crippen molar-refractivity contribution in [2.45, 2.75) is 44.9 Å². The normalized spacial score (nSPS) is 20.8. The molecule has 0 aromatic heterocycles. The molecule has 2 N–H and O–H groups in total. The van der Waals surface area contributed by atoms with Gasteiger partial charge in [-0.15, -0.1) is 0 Å². The number of carbonyl (C=O) groups is 1. The third-order valence-corrected chi connectivity index (χ3v) is 5.06. The molecule has 3 rings (SSSR count). The maximum atomic E-state index is 12.7. The van der Waals surface area contributed by atoms with Crippen molar-refractivity contribution in [3.05, 3.63) is 29.8 Å². The molecule has 0 atom stereocenters. The number of carbonyl (C=O) groups excluding carboxylic acids is 1. The molecule has 108 valence electrons. The maximum Gasteiger partial charge on any atom is 0.227 e. The van der Waals surface area contributed by atoms with E-state index in [1.165, 1.54) is 24.8 Å². The summed E-state index contributed by atoms with van der Waals surface area (Å²) in [5.41, 5.74) is 8.48. The van der Waals surface area contributed by atoms with Crippen LogP contribution in [0.4, 0.5) is 5.69 Å². The number of hydrogen-bond donors (Lipinski definition) is 1. The largest absolute Gasteiger partial charge is 0.330 e. The molecule has 1 amide bonds. The van der Waals surface area contributed by atoms with Gasteiger partial charge >= 0.3 is 0 Å². The first kappa shape index (κ1) is 13.6. The number of rotatable bonds is 3. The van der Waals surface area contributed by atoms with Gasteiger partial charge in [-0.3, -0.25) is 4.79 Å². The molecule has 20 heavy (non-hydrogen) atoms. The molecular formula is C17H24N2O. The number of fused-ring (bicyclic) bond motifs is 1. The van der Waals surface area contributed by atoms with Gasteiger partial charge in [-0.1, -0.05) is 37.5 Å². The van der Waals surface area contributed by atoms with Crippen LogP contribution in [0.25, 0.3) is 0 Å². The molecule has 3 heteroatoms. The van der Waals surface area contributed by atoms with Crippen molar-refractivity contribution in [2.24, 2.45) is 11.1 Å². The van der Waals surface area contributed by atoms with Gasteiger partial charge in [0.1, 0.15) is 0 Å². The highest BCUT2D eigenvalue weighted by Crippen LogP contribution is 2.40. The lowest BCUT2D eigenvalue weighted by atomic mass is 9.71. The lowest BCUT2D eigenvalue weighted by Crippen LogP contribution is -2.40. The van der Waals surface area contributed by atoms with Crippen LogP contribution in [0.1, 0.15) is 44.1 Å². The summed E-state index contributed by atoms with van der Waals surface area (Å²) < 4.78 is 0. The monoisotopic (exact) mass is 272 g/mol. The molecule has 1 aliphatic carbocycles. The van der Waals surface area contributed by atoms with E-state index in [-0.39, 0.29) is 11.3 Å². The number of benzene rings is 1. The maximum absolute atomic E-state index is 12.7. The van der Waals surface area contributed by atoms with Gasteiger partial charge in [-0.05, 0) is 42.9 Å². The van der Waals surface area contributed by atoms with Crippen molar-refractivity contribution < 1.29 is 4.79 Å². The fourth-order valence-electron chi connectivity index (χ4n) is 3.77. The van der Waals surface area contributed by atoms with E-state index in [0.717, 1.165) is 31.5 Å². The van der Waals surface area contributed by atoms with Gasteiger partial charge in [0.2, 0.25) is 5.91 Å². The van der Waals surface area contributed by atoms with Crippen molar-refractivity contribution in [2.75, 3.05) is 18.0 Å². The average molecular weight is 272 g/mol. The number of para-hydroxylation sites is 1. The molecule has 1 fully saturated rings. The fraction of sp³-hybridized carbons (Fsp3) is 0.588. The molecule has 0 radical (unpaired) electrons. The van der Waals surface area contributed by atoms with Gasteiger partial charge in [0.15, 0.2) is 0 Å². The van der Waals surface area contributed by atoms with Crippen molar-refractivity contribution in [3.63, 3.8) is 0 Å². The minimum atomic E-state index is 0.0624. The Morgan fingerprint density at radius 1 is 1.20 bits per heavy atom. The first-order valence-corrected chi connectivity index (χ1v) is 7.82. The molecule has 2 aliphatic rings. The second-order valence-electron chi connectivity index (χ2n) is 6.37. The summed E-state index contributed by atoms with van der Waals surface area (Å²) in [6.07, 6.45) is 7.58. The van der Waals surface area contributed by atoms with Crippen molar-refractivity contribution in [3.8, 4) is 0 Å². The zero-order valence-electron chi connectivity index (χ0n) is 12.1.